The van der Waals surface area contributed by atoms with Crippen LogP contribution in [0.4, 0.5) is 13.2 Å². The van der Waals surface area contributed by atoms with E-state index in [0.717, 1.165) is 4.90 Å². The summed E-state index contributed by atoms with van der Waals surface area (Å²) in [5, 5.41) is 2.76. The van der Waals surface area contributed by atoms with E-state index in [1.54, 1.807) is 12.1 Å². The van der Waals surface area contributed by atoms with Gasteiger partial charge in [-0.2, -0.15) is 13.2 Å². The lowest BCUT2D eigenvalue weighted by Gasteiger charge is -2.27. The van der Waals surface area contributed by atoms with Crippen molar-refractivity contribution in [2.75, 3.05) is 6.61 Å². The summed E-state index contributed by atoms with van der Waals surface area (Å²) in [5.74, 6) is -1.67. The van der Waals surface area contributed by atoms with Crippen LogP contribution < -0.4 is 10.1 Å². The lowest BCUT2D eigenvalue weighted by atomic mass is 9.85. The predicted molar refractivity (Wildman–Crippen MR) is 110 cm³/mol. The molecule has 1 aromatic carbocycles. The molecule has 0 saturated carbocycles. The van der Waals surface area contributed by atoms with Crippen molar-refractivity contribution in [1.82, 2.24) is 10.2 Å². The molecule has 6 nitrogen and oxygen atoms in total. The molecule has 32 heavy (non-hydrogen) atoms. The fraction of sp³-hybridized carbons (Fsp3) is 0.522. The molecule has 1 aromatic rings. The zero-order chi connectivity index (χ0) is 23.5. The molecule has 9 heteroatoms. The number of likely N-dealkylation sites (tertiary alicyclic amines) is 1. The Kier molecular flexibility index (Phi) is 7.26. The van der Waals surface area contributed by atoms with Crippen molar-refractivity contribution in [2.45, 2.75) is 51.9 Å². The molecular weight excluding hydrogens is 425 g/mol. The summed E-state index contributed by atoms with van der Waals surface area (Å²) >= 11 is 0. The number of allylic oxidation sites excluding steroid dienone is 2. The van der Waals surface area contributed by atoms with E-state index in [2.05, 4.69) is 10.1 Å². The predicted octanol–water partition coefficient (Wildman–Crippen LogP) is 3.61. The number of amides is 3. The molecule has 1 N–H and O–H groups in total. The van der Waals surface area contributed by atoms with Gasteiger partial charge in [0.1, 0.15) is 11.8 Å². The van der Waals surface area contributed by atoms with Gasteiger partial charge in [-0.15, -0.1) is 0 Å². The van der Waals surface area contributed by atoms with Crippen molar-refractivity contribution in [3.8, 4) is 5.75 Å². The number of hydrogen-bond donors (Lipinski definition) is 1. The average Bonchev–Trinajstić information content (AvgIpc) is 2.99. The van der Waals surface area contributed by atoms with Crippen molar-refractivity contribution in [3.63, 3.8) is 0 Å². The van der Waals surface area contributed by atoms with Gasteiger partial charge in [0.05, 0.1) is 11.8 Å². The highest BCUT2D eigenvalue weighted by Gasteiger charge is 2.51. The van der Waals surface area contributed by atoms with E-state index < -0.39 is 36.6 Å². The molecule has 3 unspecified atom stereocenters. The lowest BCUT2D eigenvalue weighted by Crippen LogP contribution is -2.50. The Hall–Kier alpha value is -2.84. The highest BCUT2D eigenvalue weighted by atomic mass is 19.4. The Morgan fingerprint density at radius 3 is 2.16 bits per heavy atom. The number of ether oxygens (including phenoxy) is 1. The molecule has 3 amide bonds. The van der Waals surface area contributed by atoms with Gasteiger partial charge in [0.25, 0.3) is 0 Å². The molecule has 0 aromatic heterocycles. The van der Waals surface area contributed by atoms with Crippen molar-refractivity contribution >= 4 is 17.7 Å². The van der Waals surface area contributed by atoms with Crippen LogP contribution in [-0.4, -0.2) is 41.4 Å². The molecule has 1 aliphatic heterocycles. The van der Waals surface area contributed by atoms with E-state index in [1.807, 2.05) is 26.0 Å². The minimum Gasteiger partial charge on any atom is -0.484 e. The summed E-state index contributed by atoms with van der Waals surface area (Å²) in [6, 6.07) is 5.00. The van der Waals surface area contributed by atoms with Crippen LogP contribution in [0.2, 0.25) is 0 Å². The Balaban J connectivity index is 1.64. The Morgan fingerprint density at radius 1 is 1.09 bits per heavy atom. The number of carbonyl (C=O) groups is 3. The van der Waals surface area contributed by atoms with E-state index >= 15 is 0 Å². The summed E-state index contributed by atoms with van der Waals surface area (Å²) in [4.78, 5) is 40.0. The van der Waals surface area contributed by atoms with Crippen LogP contribution >= 0.6 is 0 Å². The van der Waals surface area contributed by atoms with Crippen LogP contribution in [0, 0.1) is 17.8 Å². The number of imide groups is 1. The number of benzene rings is 1. The van der Waals surface area contributed by atoms with Crippen molar-refractivity contribution < 1.29 is 32.3 Å². The second-order valence-corrected chi connectivity index (χ2v) is 8.61. The van der Waals surface area contributed by atoms with Crippen LogP contribution in [0.3, 0.4) is 0 Å². The van der Waals surface area contributed by atoms with Crippen molar-refractivity contribution in [3.05, 3.63) is 42.0 Å². The highest BCUT2D eigenvalue weighted by Crippen LogP contribution is 2.37. The largest absolute Gasteiger partial charge is 0.484 e. The smallest absolute Gasteiger partial charge is 0.422 e. The maximum Gasteiger partial charge on any atom is 0.422 e. The van der Waals surface area contributed by atoms with Crippen molar-refractivity contribution in [1.29, 1.82) is 0 Å². The van der Waals surface area contributed by atoms with Gasteiger partial charge in [-0.25, -0.2) is 0 Å². The number of nitrogens with zero attached hydrogens (tertiary/aromatic N) is 1. The number of nitrogens with one attached hydrogen (secondary N) is 1. The third-order valence-corrected chi connectivity index (χ3v) is 5.64. The SMILES string of the molecule is CC(C)CC(C(=O)NCc1ccc(OCC(F)(F)F)cc1)N1C(=O)C2CC=CCC2C1=O. The van der Waals surface area contributed by atoms with Gasteiger partial charge in [-0.3, -0.25) is 19.3 Å². The molecule has 1 aliphatic carbocycles. The van der Waals surface area contributed by atoms with Crippen LogP contribution in [0.15, 0.2) is 36.4 Å². The van der Waals surface area contributed by atoms with E-state index in [4.69, 9.17) is 0 Å². The number of halogens is 3. The second-order valence-electron chi connectivity index (χ2n) is 8.61. The summed E-state index contributed by atoms with van der Waals surface area (Å²) in [5.41, 5.74) is 0.651. The first-order valence-electron chi connectivity index (χ1n) is 10.6. The quantitative estimate of drug-likeness (QED) is 0.483. The summed E-state index contributed by atoms with van der Waals surface area (Å²) in [6.45, 7) is 2.56. The number of fused-ring (bicyclic) bond motifs is 1. The zero-order valence-electron chi connectivity index (χ0n) is 18.0. The Morgan fingerprint density at radius 2 is 1.66 bits per heavy atom. The lowest BCUT2D eigenvalue weighted by molar-refractivity contribution is -0.153. The molecule has 0 radical (unpaired) electrons. The molecule has 0 spiro atoms. The topological polar surface area (TPSA) is 75.7 Å². The minimum atomic E-state index is -4.42. The Bertz CT molecular complexity index is 854. The first-order chi connectivity index (χ1) is 15.1. The molecule has 0 bridgehead atoms. The average molecular weight is 452 g/mol. The summed E-state index contributed by atoms with van der Waals surface area (Å²) < 4.78 is 41.4. The maximum atomic E-state index is 13.0. The third-order valence-electron chi connectivity index (χ3n) is 5.64. The number of hydrogen-bond acceptors (Lipinski definition) is 4. The third kappa shape index (κ3) is 5.69. The molecule has 174 valence electrons. The summed E-state index contributed by atoms with van der Waals surface area (Å²) in [7, 11) is 0. The first-order valence-corrected chi connectivity index (χ1v) is 10.6. The monoisotopic (exact) mass is 452 g/mol. The van der Waals surface area contributed by atoms with E-state index in [0.29, 0.717) is 24.8 Å². The van der Waals surface area contributed by atoms with Crippen LogP contribution in [0.5, 0.6) is 5.75 Å². The number of rotatable bonds is 8. The fourth-order valence-electron chi connectivity index (χ4n) is 4.09. The highest BCUT2D eigenvalue weighted by molar-refractivity contribution is 6.08. The maximum absolute atomic E-state index is 13.0. The van der Waals surface area contributed by atoms with Crippen LogP contribution in [0.1, 0.15) is 38.7 Å². The molecule has 3 atom stereocenters. The second kappa shape index (κ2) is 9.75. The van der Waals surface area contributed by atoms with E-state index in [9.17, 15) is 27.6 Å². The molecule has 1 heterocycles. The number of carbonyl (C=O) groups excluding carboxylic acids is 3. The van der Waals surface area contributed by atoms with Gasteiger partial charge < -0.3 is 10.1 Å². The van der Waals surface area contributed by atoms with E-state index in [1.165, 1.54) is 12.1 Å². The van der Waals surface area contributed by atoms with Crippen LogP contribution in [-0.2, 0) is 20.9 Å². The van der Waals surface area contributed by atoms with Gasteiger partial charge in [0.2, 0.25) is 17.7 Å². The van der Waals surface area contributed by atoms with Crippen molar-refractivity contribution in [2.24, 2.45) is 17.8 Å². The molecular formula is C23H27F3N2O4. The molecule has 1 saturated heterocycles. The fourth-order valence-corrected chi connectivity index (χ4v) is 4.09. The van der Waals surface area contributed by atoms with Gasteiger partial charge in [0, 0.05) is 6.54 Å². The van der Waals surface area contributed by atoms with Gasteiger partial charge >= 0.3 is 6.18 Å². The van der Waals surface area contributed by atoms with Gasteiger partial charge in [-0.1, -0.05) is 38.1 Å². The normalized spacial score (nSPS) is 21.6. The van der Waals surface area contributed by atoms with Crippen LogP contribution in [0.25, 0.3) is 0 Å². The first kappa shape index (κ1) is 23.8. The standard InChI is InChI=1S/C23H27F3N2O4/c1-14(2)11-19(28-21(30)17-5-3-4-6-18(17)22(28)31)20(29)27-12-15-7-9-16(10-8-15)32-13-23(24,25)26/h3-4,7-10,14,17-19H,5-6,11-13H2,1-2H3,(H,27,29). The molecule has 1 fully saturated rings. The summed E-state index contributed by atoms with van der Waals surface area (Å²) in [6.07, 6.45) is 0.733. The minimum absolute atomic E-state index is 0.0690. The van der Waals surface area contributed by atoms with Gasteiger partial charge in [0.15, 0.2) is 6.61 Å². The zero-order valence-corrected chi connectivity index (χ0v) is 18.0. The number of alkyl halides is 3. The van der Waals surface area contributed by atoms with E-state index in [-0.39, 0.29) is 30.0 Å². The Labute approximate surface area is 184 Å². The van der Waals surface area contributed by atoms with Gasteiger partial charge in [-0.05, 0) is 42.9 Å². The molecule has 2 aliphatic rings. The molecule has 3 rings (SSSR count).